The maximum absolute atomic E-state index is 13.9. The van der Waals surface area contributed by atoms with Crippen LogP contribution in [0.3, 0.4) is 0 Å². The SMILES string of the molecule is CC(NC(=O)N1CCN(S(=O)(=O)c2ccccc2F)CC1)c1cccc(C(F)(F)F)c1. The fourth-order valence-electron chi connectivity index (χ4n) is 3.27. The number of benzene rings is 2. The predicted molar refractivity (Wildman–Crippen MR) is 105 cm³/mol. The monoisotopic (exact) mass is 459 g/mol. The van der Waals surface area contributed by atoms with Crippen molar-refractivity contribution >= 4 is 16.1 Å². The predicted octanol–water partition coefficient (Wildman–Crippen LogP) is 3.62. The van der Waals surface area contributed by atoms with Crippen LogP contribution >= 0.6 is 0 Å². The molecule has 31 heavy (non-hydrogen) atoms. The summed E-state index contributed by atoms with van der Waals surface area (Å²) in [6.45, 7) is 1.64. The topological polar surface area (TPSA) is 69.7 Å². The zero-order valence-electron chi connectivity index (χ0n) is 16.6. The molecule has 1 aliphatic rings. The number of amides is 2. The van der Waals surface area contributed by atoms with Gasteiger partial charge in [-0.05, 0) is 36.8 Å². The molecular weight excluding hydrogens is 438 g/mol. The van der Waals surface area contributed by atoms with Gasteiger partial charge in [-0.3, -0.25) is 0 Å². The summed E-state index contributed by atoms with van der Waals surface area (Å²) in [6, 6.07) is 8.54. The molecule has 2 aromatic rings. The lowest BCUT2D eigenvalue weighted by atomic mass is 10.1. The molecule has 168 valence electrons. The molecule has 1 saturated heterocycles. The summed E-state index contributed by atoms with van der Waals surface area (Å²) in [7, 11) is -4.03. The molecular formula is C20H21F4N3O3S. The Kier molecular flexibility index (Phi) is 6.56. The van der Waals surface area contributed by atoms with Crippen LogP contribution in [-0.4, -0.2) is 49.8 Å². The number of nitrogens with one attached hydrogen (secondary N) is 1. The highest BCUT2D eigenvalue weighted by molar-refractivity contribution is 7.89. The van der Waals surface area contributed by atoms with Gasteiger partial charge in [-0.1, -0.05) is 24.3 Å². The first-order chi connectivity index (χ1) is 14.5. The molecule has 0 bridgehead atoms. The Bertz CT molecular complexity index is 1050. The second kappa shape index (κ2) is 8.83. The Morgan fingerprint density at radius 1 is 1.03 bits per heavy atom. The molecule has 11 heteroatoms. The van der Waals surface area contributed by atoms with E-state index in [4.69, 9.17) is 0 Å². The van der Waals surface area contributed by atoms with Crippen LogP contribution in [0.15, 0.2) is 53.4 Å². The Morgan fingerprint density at radius 2 is 1.68 bits per heavy atom. The number of halogens is 4. The van der Waals surface area contributed by atoms with Crippen molar-refractivity contribution < 1.29 is 30.8 Å². The van der Waals surface area contributed by atoms with Crippen LogP contribution in [0.4, 0.5) is 22.4 Å². The molecule has 3 rings (SSSR count). The summed E-state index contributed by atoms with van der Waals surface area (Å²) in [5.74, 6) is -0.849. The quantitative estimate of drug-likeness (QED) is 0.710. The molecule has 1 fully saturated rings. The molecule has 0 aromatic heterocycles. The van der Waals surface area contributed by atoms with Gasteiger partial charge in [0.2, 0.25) is 10.0 Å². The van der Waals surface area contributed by atoms with E-state index in [1.807, 2.05) is 0 Å². The van der Waals surface area contributed by atoms with Gasteiger partial charge in [0.15, 0.2) is 0 Å². The Labute approximate surface area is 177 Å². The fraction of sp³-hybridized carbons (Fsp3) is 0.350. The maximum Gasteiger partial charge on any atom is 0.416 e. The second-order valence-electron chi connectivity index (χ2n) is 7.12. The van der Waals surface area contributed by atoms with E-state index in [9.17, 15) is 30.8 Å². The van der Waals surface area contributed by atoms with E-state index in [2.05, 4.69) is 5.32 Å². The average Bonchev–Trinajstić information content (AvgIpc) is 2.73. The third-order valence-electron chi connectivity index (χ3n) is 5.03. The standard InChI is InChI=1S/C20H21F4N3O3S/c1-14(15-5-4-6-16(13-15)20(22,23)24)25-19(28)26-9-11-27(12-10-26)31(29,30)18-8-3-2-7-17(18)21/h2-8,13-14H,9-12H2,1H3,(H,25,28). The molecule has 1 N–H and O–H groups in total. The Balaban J connectivity index is 1.61. The lowest BCUT2D eigenvalue weighted by Crippen LogP contribution is -2.53. The third-order valence-corrected chi connectivity index (χ3v) is 6.97. The summed E-state index contributed by atoms with van der Waals surface area (Å²) in [5.41, 5.74) is -0.512. The van der Waals surface area contributed by atoms with Gasteiger partial charge in [-0.15, -0.1) is 0 Å². The Hall–Kier alpha value is -2.66. The number of sulfonamides is 1. The maximum atomic E-state index is 13.9. The molecule has 0 radical (unpaired) electrons. The number of hydrogen-bond donors (Lipinski definition) is 1. The van der Waals surface area contributed by atoms with Crippen LogP contribution in [0.2, 0.25) is 0 Å². The number of urea groups is 1. The number of rotatable bonds is 4. The molecule has 2 amide bonds. The lowest BCUT2D eigenvalue weighted by molar-refractivity contribution is -0.137. The zero-order valence-corrected chi connectivity index (χ0v) is 17.4. The van der Waals surface area contributed by atoms with Crippen molar-refractivity contribution in [1.82, 2.24) is 14.5 Å². The van der Waals surface area contributed by atoms with Crippen LogP contribution in [-0.2, 0) is 16.2 Å². The van der Waals surface area contributed by atoms with Crippen molar-refractivity contribution in [3.8, 4) is 0 Å². The number of carbonyl (C=O) groups excluding carboxylic acids is 1. The summed E-state index contributed by atoms with van der Waals surface area (Å²) in [6.07, 6.45) is -4.49. The summed E-state index contributed by atoms with van der Waals surface area (Å²) in [5, 5.41) is 2.63. The molecule has 1 atom stereocenters. The smallest absolute Gasteiger partial charge is 0.331 e. The van der Waals surface area contributed by atoms with Crippen LogP contribution in [0.1, 0.15) is 24.1 Å². The van der Waals surface area contributed by atoms with E-state index < -0.39 is 44.5 Å². The van der Waals surface area contributed by atoms with Gasteiger partial charge in [0.05, 0.1) is 11.6 Å². The molecule has 2 aromatic carbocycles. The van der Waals surface area contributed by atoms with E-state index >= 15 is 0 Å². The molecule has 1 heterocycles. The van der Waals surface area contributed by atoms with E-state index in [1.165, 1.54) is 35.2 Å². The normalized spacial score (nSPS) is 16.7. The first-order valence-electron chi connectivity index (χ1n) is 9.47. The van der Waals surface area contributed by atoms with Crippen molar-refractivity contribution in [1.29, 1.82) is 0 Å². The minimum atomic E-state index is -4.49. The molecule has 1 aliphatic heterocycles. The average molecular weight is 459 g/mol. The van der Waals surface area contributed by atoms with Crippen LogP contribution in [0.25, 0.3) is 0 Å². The first-order valence-corrected chi connectivity index (χ1v) is 10.9. The van der Waals surface area contributed by atoms with E-state index in [0.717, 1.165) is 22.5 Å². The van der Waals surface area contributed by atoms with Gasteiger partial charge in [0, 0.05) is 26.2 Å². The van der Waals surface area contributed by atoms with Crippen LogP contribution in [0.5, 0.6) is 0 Å². The highest BCUT2D eigenvalue weighted by Gasteiger charge is 2.33. The van der Waals surface area contributed by atoms with Gasteiger partial charge >= 0.3 is 12.2 Å². The van der Waals surface area contributed by atoms with E-state index in [0.29, 0.717) is 5.56 Å². The Morgan fingerprint density at radius 3 is 2.29 bits per heavy atom. The largest absolute Gasteiger partial charge is 0.416 e. The summed E-state index contributed by atoms with van der Waals surface area (Å²) in [4.78, 5) is 13.5. The number of carbonyl (C=O) groups is 1. The zero-order chi connectivity index (χ0) is 22.8. The molecule has 1 unspecified atom stereocenters. The van der Waals surface area contributed by atoms with Crippen molar-refractivity contribution in [2.75, 3.05) is 26.2 Å². The van der Waals surface area contributed by atoms with E-state index in [-0.39, 0.29) is 26.2 Å². The van der Waals surface area contributed by atoms with Gasteiger partial charge in [0.1, 0.15) is 10.7 Å². The third kappa shape index (κ3) is 5.16. The number of nitrogens with zero attached hydrogens (tertiary/aromatic N) is 2. The second-order valence-corrected chi connectivity index (χ2v) is 9.02. The number of hydrogen-bond acceptors (Lipinski definition) is 3. The first kappa shape index (κ1) is 23.0. The van der Waals surface area contributed by atoms with Gasteiger partial charge in [-0.25, -0.2) is 17.6 Å². The molecule has 0 aliphatic carbocycles. The molecule has 0 spiro atoms. The highest BCUT2D eigenvalue weighted by atomic mass is 32.2. The summed E-state index contributed by atoms with van der Waals surface area (Å²) < 4.78 is 79.0. The van der Waals surface area contributed by atoms with Gasteiger partial charge in [-0.2, -0.15) is 17.5 Å². The fourth-order valence-corrected chi connectivity index (χ4v) is 4.76. The van der Waals surface area contributed by atoms with Gasteiger partial charge in [0.25, 0.3) is 0 Å². The summed E-state index contributed by atoms with van der Waals surface area (Å²) >= 11 is 0. The minimum absolute atomic E-state index is 0.0258. The minimum Gasteiger partial charge on any atom is -0.331 e. The van der Waals surface area contributed by atoms with Crippen molar-refractivity contribution in [3.05, 3.63) is 65.5 Å². The van der Waals surface area contributed by atoms with Crippen LogP contribution in [0, 0.1) is 5.82 Å². The van der Waals surface area contributed by atoms with Crippen LogP contribution < -0.4 is 5.32 Å². The van der Waals surface area contributed by atoms with Crippen molar-refractivity contribution in [2.24, 2.45) is 0 Å². The van der Waals surface area contributed by atoms with Gasteiger partial charge < -0.3 is 10.2 Å². The van der Waals surface area contributed by atoms with Crippen molar-refractivity contribution in [2.45, 2.75) is 24.0 Å². The molecule has 6 nitrogen and oxygen atoms in total. The van der Waals surface area contributed by atoms with Crippen molar-refractivity contribution in [3.63, 3.8) is 0 Å². The van der Waals surface area contributed by atoms with E-state index in [1.54, 1.807) is 6.92 Å². The number of alkyl halides is 3. The highest BCUT2D eigenvalue weighted by Crippen LogP contribution is 2.30. The molecule has 0 saturated carbocycles. The lowest BCUT2D eigenvalue weighted by Gasteiger charge is -2.34. The number of piperazine rings is 1.